The molecular formula is C15H23N3O3S. The van der Waals surface area contributed by atoms with E-state index in [1.807, 2.05) is 6.92 Å². The van der Waals surface area contributed by atoms with Crippen molar-refractivity contribution in [3.05, 3.63) is 12.4 Å². The Hall–Kier alpha value is -1.37. The van der Waals surface area contributed by atoms with Gasteiger partial charge >= 0.3 is 0 Å². The lowest BCUT2D eigenvalue weighted by Gasteiger charge is -2.28. The van der Waals surface area contributed by atoms with Gasteiger partial charge in [0.05, 0.1) is 0 Å². The molecule has 1 heterocycles. The van der Waals surface area contributed by atoms with Gasteiger partial charge in [-0.2, -0.15) is 0 Å². The van der Waals surface area contributed by atoms with Gasteiger partial charge in [-0.1, -0.05) is 6.42 Å². The highest BCUT2D eigenvalue weighted by atomic mass is 32.2. The number of hydrogen-bond donors (Lipinski definition) is 1. The van der Waals surface area contributed by atoms with Crippen molar-refractivity contribution < 1.29 is 13.2 Å². The van der Waals surface area contributed by atoms with E-state index in [0.717, 1.165) is 12.3 Å². The number of aromatic nitrogens is 2. The van der Waals surface area contributed by atoms with Crippen LogP contribution in [0, 0.1) is 17.8 Å². The summed E-state index contributed by atoms with van der Waals surface area (Å²) >= 11 is 0. The van der Waals surface area contributed by atoms with Crippen LogP contribution in [0.4, 0.5) is 0 Å². The monoisotopic (exact) mass is 325 g/mol. The summed E-state index contributed by atoms with van der Waals surface area (Å²) in [5, 5.41) is 2.83. The van der Waals surface area contributed by atoms with Gasteiger partial charge < -0.3 is 9.88 Å². The summed E-state index contributed by atoms with van der Waals surface area (Å²) in [6.45, 7) is 2.00. The molecule has 4 atom stereocenters. The Morgan fingerprint density at radius 3 is 2.77 bits per heavy atom. The average molecular weight is 325 g/mol. The predicted molar refractivity (Wildman–Crippen MR) is 81.8 cm³/mol. The smallest absolute Gasteiger partial charge is 0.235 e. The highest BCUT2D eigenvalue weighted by molar-refractivity contribution is 7.91. The molecule has 0 spiro atoms. The van der Waals surface area contributed by atoms with Crippen LogP contribution in [0.3, 0.4) is 0 Å². The van der Waals surface area contributed by atoms with Crippen LogP contribution < -0.4 is 5.32 Å². The molecule has 3 rings (SSSR count). The van der Waals surface area contributed by atoms with Crippen molar-refractivity contribution in [2.75, 3.05) is 5.75 Å². The lowest BCUT2D eigenvalue weighted by Crippen LogP contribution is -2.42. The largest absolute Gasteiger partial charge is 0.352 e. The fourth-order valence-corrected chi connectivity index (χ4v) is 5.48. The zero-order valence-electron chi connectivity index (χ0n) is 13.0. The average Bonchev–Trinajstić information content (AvgIpc) is 3.12. The standard InChI is InChI=1S/C15H23N3O3S/c1-10(13-8-11-3-4-12(13)7-11)17-14(19)9-22(20,21)15-16-5-6-18(15)2/h5-6,10-13H,3-4,7-9H2,1-2H3,(H,17,19). The quantitative estimate of drug-likeness (QED) is 0.880. The zero-order valence-corrected chi connectivity index (χ0v) is 13.8. The number of hydrogen-bond acceptors (Lipinski definition) is 4. The molecule has 22 heavy (non-hydrogen) atoms. The molecule has 7 heteroatoms. The Morgan fingerprint density at radius 2 is 2.23 bits per heavy atom. The first-order valence-electron chi connectivity index (χ1n) is 7.86. The molecule has 2 bridgehead atoms. The van der Waals surface area contributed by atoms with Crippen molar-refractivity contribution in [2.24, 2.45) is 24.8 Å². The first kappa shape index (κ1) is 15.5. The Labute approximate surface area is 131 Å². The third-order valence-corrected chi connectivity index (χ3v) is 6.79. The summed E-state index contributed by atoms with van der Waals surface area (Å²) in [6.07, 6.45) is 7.98. The SMILES string of the molecule is CC(NC(=O)CS(=O)(=O)c1nccn1C)C1CC2CCC1C2. The number of sulfone groups is 1. The van der Waals surface area contributed by atoms with Crippen LogP contribution in [0.25, 0.3) is 0 Å². The molecule has 2 fully saturated rings. The molecule has 6 nitrogen and oxygen atoms in total. The second-order valence-corrected chi connectivity index (χ2v) is 8.66. The summed E-state index contributed by atoms with van der Waals surface area (Å²) in [6, 6.07) is 0.0411. The highest BCUT2D eigenvalue weighted by Crippen LogP contribution is 2.49. The van der Waals surface area contributed by atoms with Crippen molar-refractivity contribution >= 4 is 15.7 Å². The lowest BCUT2D eigenvalue weighted by atomic mass is 9.84. The van der Waals surface area contributed by atoms with E-state index in [0.29, 0.717) is 11.8 Å². The molecule has 1 aromatic rings. The first-order valence-corrected chi connectivity index (χ1v) is 9.51. The van der Waals surface area contributed by atoms with Crippen molar-refractivity contribution in [1.82, 2.24) is 14.9 Å². The maximum absolute atomic E-state index is 12.2. The molecule has 2 saturated carbocycles. The van der Waals surface area contributed by atoms with Gasteiger partial charge in [0.2, 0.25) is 20.9 Å². The number of amides is 1. The number of carbonyl (C=O) groups is 1. The van der Waals surface area contributed by atoms with Crippen LogP contribution in [-0.2, 0) is 21.7 Å². The fourth-order valence-electron chi connectivity index (χ4n) is 4.20. The second-order valence-electron chi connectivity index (χ2n) is 6.77. The number of aryl methyl sites for hydroxylation is 1. The van der Waals surface area contributed by atoms with E-state index in [9.17, 15) is 13.2 Å². The highest BCUT2D eigenvalue weighted by Gasteiger charge is 2.42. The fraction of sp³-hybridized carbons (Fsp3) is 0.733. The molecule has 2 aliphatic carbocycles. The molecule has 1 amide bonds. The summed E-state index contributed by atoms with van der Waals surface area (Å²) in [5.41, 5.74) is 0. The predicted octanol–water partition coefficient (Wildman–Crippen LogP) is 1.13. The maximum Gasteiger partial charge on any atom is 0.235 e. The van der Waals surface area contributed by atoms with Crippen LogP contribution in [-0.4, -0.2) is 35.7 Å². The van der Waals surface area contributed by atoms with Crippen LogP contribution in [0.15, 0.2) is 17.6 Å². The number of rotatable bonds is 5. The lowest BCUT2D eigenvalue weighted by molar-refractivity contribution is -0.119. The van der Waals surface area contributed by atoms with Crippen LogP contribution >= 0.6 is 0 Å². The minimum atomic E-state index is -3.69. The number of fused-ring (bicyclic) bond motifs is 2. The van der Waals surface area contributed by atoms with Crippen molar-refractivity contribution in [3.8, 4) is 0 Å². The molecule has 0 saturated heterocycles. The van der Waals surface area contributed by atoms with Gasteiger partial charge in [-0.15, -0.1) is 0 Å². The molecule has 1 N–H and O–H groups in total. The van der Waals surface area contributed by atoms with E-state index >= 15 is 0 Å². The number of nitrogens with one attached hydrogen (secondary N) is 1. The minimum Gasteiger partial charge on any atom is -0.352 e. The van der Waals surface area contributed by atoms with Crippen LogP contribution in [0.2, 0.25) is 0 Å². The van der Waals surface area contributed by atoms with Gasteiger partial charge in [0.1, 0.15) is 5.75 Å². The summed E-state index contributed by atoms with van der Waals surface area (Å²) < 4.78 is 25.8. The normalized spacial score (nSPS) is 28.7. The summed E-state index contributed by atoms with van der Waals surface area (Å²) in [7, 11) is -2.08. The van der Waals surface area contributed by atoms with Gasteiger partial charge in [0.15, 0.2) is 0 Å². The van der Waals surface area contributed by atoms with E-state index in [1.165, 1.54) is 30.0 Å². The van der Waals surface area contributed by atoms with Crippen molar-refractivity contribution in [3.63, 3.8) is 0 Å². The van der Waals surface area contributed by atoms with Crippen molar-refractivity contribution in [1.29, 1.82) is 0 Å². The topological polar surface area (TPSA) is 81.1 Å². The molecule has 0 aromatic carbocycles. The van der Waals surface area contributed by atoms with E-state index in [-0.39, 0.29) is 11.2 Å². The molecule has 2 aliphatic rings. The van der Waals surface area contributed by atoms with E-state index in [4.69, 9.17) is 0 Å². The van der Waals surface area contributed by atoms with Crippen molar-refractivity contribution in [2.45, 2.75) is 43.8 Å². The van der Waals surface area contributed by atoms with Gasteiger partial charge in [-0.05, 0) is 43.9 Å². The summed E-state index contributed by atoms with van der Waals surface area (Å²) in [5.74, 6) is 1.04. The Morgan fingerprint density at radius 1 is 1.45 bits per heavy atom. The van der Waals surface area contributed by atoms with E-state index < -0.39 is 21.5 Å². The van der Waals surface area contributed by atoms with Crippen LogP contribution in [0.1, 0.15) is 32.6 Å². The third kappa shape index (κ3) is 2.91. The second kappa shape index (κ2) is 5.68. The number of imidazole rings is 1. The third-order valence-electron chi connectivity index (χ3n) is 5.20. The number of carbonyl (C=O) groups excluding carboxylic acids is 1. The van der Waals surface area contributed by atoms with Gasteiger partial charge in [0.25, 0.3) is 0 Å². The minimum absolute atomic E-state index is 0.0411. The van der Waals surface area contributed by atoms with Gasteiger partial charge in [-0.25, -0.2) is 13.4 Å². The van der Waals surface area contributed by atoms with Gasteiger partial charge in [0, 0.05) is 25.5 Å². The molecular weight excluding hydrogens is 302 g/mol. The first-order chi connectivity index (χ1) is 10.4. The Balaban J connectivity index is 1.59. The van der Waals surface area contributed by atoms with E-state index in [2.05, 4.69) is 10.3 Å². The Bertz CT molecular complexity index is 667. The molecule has 4 unspecified atom stereocenters. The van der Waals surface area contributed by atoms with Crippen LogP contribution in [0.5, 0.6) is 0 Å². The molecule has 0 radical (unpaired) electrons. The maximum atomic E-state index is 12.2. The Kier molecular flexibility index (Phi) is 4.01. The number of nitrogens with zero attached hydrogens (tertiary/aromatic N) is 2. The molecule has 122 valence electrons. The molecule has 0 aliphatic heterocycles. The van der Waals surface area contributed by atoms with Gasteiger partial charge in [-0.3, -0.25) is 4.79 Å². The van der Waals surface area contributed by atoms with E-state index in [1.54, 1.807) is 13.2 Å². The molecule has 1 aromatic heterocycles. The zero-order chi connectivity index (χ0) is 15.9. The summed E-state index contributed by atoms with van der Waals surface area (Å²) in [4.78, 5) is 15.9.